The van der Waals surface area contributed by atoms with Crippen molar-refractivity contribution < 1.29 is 36.2 Å². The molecule has 7 nitrogen and oxygen atoms in total. The average Bonchev–Trinajstić information content (AvgIpc) is 3.04. The van der Waals surface area contributed by atoms with Gasteiger partial charge in [0.2, 0.25) is 0 Å². The second kappa shape index (κ2) is 10.5. The van der Waals surface area contributed by atoms with E-state index in [4.69, 9.17) is 4.84 Å². The highest BCUT2D eigenvalue weighted by molar-refractivity contribution is 6.01. The van der Waals surface area contributed by atoms with E-state index in [2.05, 4.69) is 0 Å². The normalized spacial score (nSPS) is 13.5. The topological polar surface area (TPSA) is 70.8 Å². The summed E-state index contributed by atoms with van der Waals surface area (Å²) in [7, 11) is 1.97. The van der Waals surface area contributed by atoms with Gasteiger partial charge in [-0.1, -0.05) is 24.3 Å². The molecule has 1 saturated heterocycles. The zero-order valence-corrected chi connectivity index (χ0v) is 17.7. The van der Waals surface area contributed by atoms with Gasteiger partial charge in [-0.25, -0.2) is 9.36 Å². The zero-order chi connectivity index (χ0) is 20.8. The molecule has 1 aromatic heterocycles. The van der Waals surface area contributed by atoms with Crippen molar-refractivity contribution >= 4 is 35.6 Å². The monoisotopic (exact) mass is 429 g/mol. The highest BCUT2D eigenvalue weighted by Crippen LogP contribution is 2.18. The number of imide groups is 1. The van der Waals surface area contributed by atoms with Crippen LogP contribution >= 0.6 is 0 Å². The Balaban J connectivity index is 0.00000320. The van der Waals surface area contributed by atoms with E-state index in [0.29, 0.717) is 11.6 Å². The van der Waals surface area contributed by atoms with Crippen LogP contribution in [-0.2, 0) is 26.3 Å². The lowest BCUT2D eigenvalue weighted by Crippen LogP contribution is -3.00. The van der Waals surface area contributed by atoms with Gasteiger partial charge in [0.15, 0.2) is 12.4 Å². The maximum Gasteiger partial charge on any atom is 0.352 e. The molecule has 1 fully saturated rings. The number of halogens is 1. The summed E-state index contributed by atoms with van der Waals surface area (Å²) >= 11 is 0. The van der Waals surface area contributed by atoms with Gasteiger partial charge in [-0.2, -0.15) is 0 Å². The molecule has 158 valence electrons. The predicted octanol–water partition coefficient (Wildman–Crippen LogP) is -0.881. The van der Waals surface area contributed by atoms with Crippen LogP contribution in [0.25, 0.3) is 12.2 Å². The summed E-state index contributed by atoms with van der Waals surface area (Å²) in [4.78, 5) is 42.1. The zero-order valence-electron chi connectivity index (χ0n) is 17.0. The minimum atomic E-state index is -0.642. The number of benzene rings is 1. The second-order valence-electron chi connectivity index (χ2n) is 6.78. The minimum absolute atomic E-state index is 0. The lowest BCUT2D eigenvalue weighted by atomic mass is 10.1. The number of pyridine rings is 1. The van der Waals surface area contributed by atoms with E-state index in [0.717, 1.165) is 16.8 Å². The molecule has 0 saturated carbocycles. The van der Waals surface area contributed by atoms with Crippen LogP contribution in [0, 0.1) is 0 Å². The number of carbonyl (C=O) groups is 3. The van der Waals surface area contributed by atoms with Gasteiger partial charge < -0.3 is 22.1 Å². The molecule has 0 unspecified atom stereocenters. The first kappa shape index (κ1) is 23.1. The Hall–Kier alpha value is -3.19. The first-order valence-corrected chi connectivity index (χ1v) is 9.51. The number of rotatable bonds is 7. The molecule has 1 aliphatic rings. The first-order valence-electron chi connectivity index (χ1n) is 9.51. The van der Waals surface area contributed by atoms with E-state index in [1.807, 2.05) is 84.4 Å². The maximum absolute atomic E-state index is 12.2. The molecule has 0 aliphatic carbocycles. The van der Waals surface area contributed by atoms with E-state index in [9.17, 15) is 14.4 Å². The van der Waals surface area contributed by atoms with Crippen molar-refractivity contribution in [2.45, 2.75) is 19.8 Å². The van der Waals surface area contributed by atoms with E-state index < -0.39 is 17.8 Å². The van der Waals surface area contributed by atoms with Gasteiger partial charge in [0.1, 0.15) is 13.6 Å². The molecule has 30 heavy (non-hydrogen) atoms. The third kappa shape index (κ3) is 5.90. The first-order chi connectivity index (χ1) is 14.0. The molecule has 0 spiro atoms. The molecule has 2 amide bonds. The number of aryl methyl sites for hydroxylation is 1. The number of carbonyl (C=O) groups excluding carboxylic acids is 3. The van der Waals surface area contributed by atoms with Gasteiger partial charge in [-0.05, 0) is 30.2 Å². The van der Waals surface area contributed by atoms with Crippen molar-refractivity contribution in [2.75, 3.05) is 18.0 Å². The standard InChI is InChI=1S/C22H24N3O4.ClH/c1-3-24(16-22(28)29-25-20(26)10-11-21(25)27)19-8-6-17(7-9-19)4-5-18-12-14-23(2)15-13-18;/h4-9,12-15H,3,10-11,16H2,1-2H3;1H/q+1;/p-1. The number of aromatic nitrogens is 1. The van der Waals surface area contributed by atoms with Crippen LogP contribution < -0.4 is 21.9 Å². The molecule has 0 N–H and O–H groups in total. The van der Waals surface area contributed by atoms with Crippen molar-refractivity contribution in [2.24, 2.45) is 7.05 Å². The van der Waals surface area contributed by atoms with Crippen LogP contribution in [0.4, 0.5) is 5.69 Å². The van der Waals surface area contributed by atoms with Crippen LogP contribution in [0.2, 0.25) is 0 Å². The van der Waals surface area contributed by atoms with Crippen molar-refractivity contribution in [1.82, 2.24) is 5.06 Å². The summed E-state index contributed by atoms with van der Waals surface area (Å²) in [5, 5.41) is 0.577. The van der Waals surface area contributed by atoms with E-state index in [-0.39, 0.29) is 31.8 Å². The fourth-order valence-corrected chi connectivity index (χ4v) is 2.94. The number of anilines is 1. The minimum Gasteiger partial charge on any atom is -1.00 e. The van der Waals surface area contributed by atoms with Crippen LogP contribution in [0.1, 0.15) is 30.9 Å². The number of nitrogens with zero attached hydrogens (tertiary/aromatic N) is 3. The second-order valence-corrected chi connectivity index (χ2v) is 6.78. The maximum atomic E-state index is 12.2. The van der Waals surface area contributed by atoms with Gasteiger partial charge in [-0.3, -0.25) is 9.59 Å². The van der Waals surface area contributed by atoms with Gasteiger partial charge in [0.25, 0.3) is 11.8 Å². The Kier molecular flexibility index (Phi) is 8.12. The Morgan fingerprint density at radius 2 is 1.57 bits per heavy atom. The van der Waals surface area contributed by atoms with Gasteiger partial charge in [0, 0.05) is 37.2 Å². The molecule has 1 aliphatic heterocycles. The molecule has 2 heterocycles. The third-order valence-electron chi connectivity index (χ3n) is 4.63. The predicted molar refractivity (Wildman–Crippen MR) is 108 cm³/mol. The van der Waals surface area contributed by atoms with Crippen LogP contribution in [0.3, 0.4) is 0 Å². The van der Waals surface area contributed by atoms with Gasteiger partial charge >= 0.3 is 5.97 Å². The molecule has 8 heteroatoms. The fourth-order valence-electron chi connectivity index (χ4n) is 2.94. The summed E-state index contributed by atoms with van der Waals surface area (Å²) in [6.45, 7) is 2.44. The summed E-state index contributed by atoms with van der Waals surface area (Å²) in [6, 6.07) is 11.9. The largest absolute Gasteiger partial charge is 1.00 e. The molecular weight excluding hydrogens is 406 g/mol. The average molecular weight is 430 g/mol. The number of likely N-dealkylation sites (N-methyl/N-ethyl adjacent to an activating group) is 1. The Morgan fingerprint density at radius 1 is 1.03 bits per heavy atom. The SMILES string of the molecule is CCN(CC(=O)ON1C(=O)CCC1=O)c1ccc(/C=C/c2cc[n+](C)cc2)cc1.[Cl-]. The van der Waals surface area contributed by atoms with Crippen molar-refractivity contribution in [1.29, 1.82) is 0 Å². The smallest absolute Gasteiger partial charge is 0.352 e. The summed E-state index contributed by atoms with van der Waals surface area (Å²) in [5.41, 5.74) is 3.00. The van der Waals surface area contributed by atoms with E-state index in [1.54, 1.807) is 0 Å². The quantitative estimate of drug-likeness (QED) is 0.422. The van der Waals surface area contributed by atoms with E-state index >= 15 is 0 Å². The van der Waals surface area contributed by atoms with E-state index in [1.165, 1.54) is 0 Å². The van der Waals surface area contributed by atoms with Gasteiger partial charge in [-0.15, -0.1) is 5.06 Å². The lowest BCUT2D eigenvalue weighted by molar-refractivity contribution is -0.671. The number of hydrogen-bond donors (Lipinski definition) is 0. The molecule has 0 bridgehead atoms. The number of hydrogen-bond acceptors (Lipinski definition) is 5. The molecular formula is C22H24ClN3O4. The summed E-state index contributed by atoms with van der Waals surface area (Å²) in [5.74, 6) is -1.60. The molecule has 0 atom stereocenters. The third-order valence-corrected chi connectivity index (χ3v) is 4.63. The highest BCUT2D eigenvalue weighted by Gasteiger charge is 2.33. The van der Waals surface area contributed by atoms with Crippen molar-refractivity contribution in [3.05, 3.63) is 59.9 Å². The highest BCUT2D eigenvalue weighted by atomic mass is 35.5. The molecule has 3 rings (SSSR count). The van der Waals surface area contributed by atoms with Crippen LogP contribution in [0.15, 0.2) is 48.8 Å². The fraction of sp³-hybridized carbons (Fsp3) is 0.273. The Morgan fingerprint density at radius 3 is 2.10 bits per heavy atom. The molecule has 1 aromatic carbocycles. The van der Waals surface area contributed by atoms with Crippen molar-refractivity contribution in [3.63, 3.8) is 0 Å². The lowest BCUT2D eigenvalue weighted by Gasteiger charge is -2.23. The molecule has 2 aromatic rings. The molecule has 0 radical (unpaired) electrons. The summed E-state index contributed by atoms with van der Waals surface area (Å²) < 4.78 is 1.98. The summed E-state index contributed by atoms with van der Waals surface area (Å²) in [6.07, 6.45) is 8.21. The van der Waals surface area contributed by atoms with Crippen LogP contribution in [-0.4, -0.2) is 35.9 Å². The number of hydroxylamine groups is 2. The number of amides is 2. The van der Waals surface area contributed by atoms with Crippen LogP contribution in [0.5, 0.6) is 0 Å². The Labute approximate surface area is 181 Å². The Bertz CT molecular complexity index is 910. The van der Waals surface area contributed by atoms with Crippen molar-refractivity contribution in [3.8, 4) is 0 Å². The van der Waals surface area contributed by atoms with Gasteiger partial charge in [0.05, 0.1) is 0 Å².